The molecular weight excluding hydrogens is 276 g/mol. The minimum Gasteiger partial charge on any atom is -0.459 e. The van der Waals surface area contributed by atoms with Crippen LogP contribution in [0, 0.1) is 0 Å². The van der Waals surface area contributed by atoms with Crippen molar-refractivity contribution in [2.24, 2.45) is 0 Å². The molecule has 3 rings (SSSR count). The second-order valence-corrected chi connectivity index (χ2v) is 5.05. The summed E-state index contributed by atoms with van der Waals surface area (Å²) >= 11 is 0. The van der Waals surface area contributed by atoms with Gasteiger partial charge in [0, 0.05) is 0 Å². The molecule has 22 heavy (non-hydrogen) atoms. The van der Waals surface area contributed by atoms with E-state index in [9.17, 15) is 9.90 Å². The summed E-state index contributed by atoms with van der Waals surface area (Å²) in [6.45, 7) is -0.0677. The van der Waals surface area contributed by atoms with Gasteiger partial charge in [-0.2, -0.15) is 0 Å². The molecule has 0 aliphatic rings. The van der Waals surface area contributed by atoms with Crippen LogP contribution < -0.4 is 0 Å². The molecule has 0 saturated heterocycles. The van der Waals surface area contributed by atoms with Crippen LogP contribution in [0.25, 0.3) is 10.8 Å². The summed E-state index contributed by atoms with van der Waals surface area (Å²) in [4.78, 5) is 11.9. The Balaban J connectivity index is 1.74. The summed E-state index contributed by atoms with van der Waals surface area (Å²) in [6.07, 6.45) is -0.848. The number of hydrogen-bond donors (Lipinski definition) is 1. The number of fused-ring (bicyclic) bond motifs is 1. The van der Waals surface area contributed by atoms with Gasteiger partial charge in [-0.1, -0.05) is 60.7 Å². The van der Waals surface area contributed by atoms with Crippen LogP contribution >= 0.6 is 0 Å². The minimum atomic E-state index is -0.848. The topological polar surface area (TPSA) is 46.5 Å². The maximum atomic E-state index is 11.9. The summed E-state index contributed by atoms with van der Waals surface area (Å²) in [5.41, 5.74) is 1.24. The van der Waals surface area contributed by atoms with Crippen molar-refractivity contribution in [3.05, 3.63) is 83.9 Å². The second kappa shape index (κ2) is 6.41. The SMILES string of the molecule is O=C(OC[C@@H](O)c1cccc2ccccc12)c1ccccc1. The molecule has 0 spiro atoms. The Bertz CT molecular complexity index is 776. The summed E-state index contributed by atoms with van der Waals surface area (Å²) in [6, 6.07) is 22.3. The fourth-order valence-corrected chi connectivity index (χ4v) is 2.44. The van der Waals surface area contributed by atoms with Gasteiger partial charge in [0.25, 0.3) is 0 Å². The van der Waals surface area contributed by atoms with Crippen LogP contribution in [-0.2, 0) is 4.74 Å². The van der Waals surface area contributed by atoms with E-state index in [1.165, 1.54) is 0 Å². The number of rotatable bonds is 4. The molecule has 110 valence electrons. The highest BCUT2D eigenvalue weighted by molar-refractivity contribution is 5.89. The minimum absolute atomic E-state index is 0.0677. The monoisotopic (exact) mass is 292 g/mol. The first kappa shape index (κ1) is 14.3. The molecule has 1 atom stereocenters. The molecular formula is C19H16O3. The zero-order valence-corrected chi connectivity index (χ0v) is 12.0. The Labute approximate surface area is 128 Å². The number of hydrogen-bond acceptors (Lipinski definition) is 3. The number of carbonyl (C=O) groups is 1. The average molecular weight is 292 g/mol. The molecule has 0 unspecified atom stereocenters. The molecule has 3 aromatic carbocycles. The maximum Gasteiger partial charge on any atom is 0.338 e. The third kappa shape index (κ3) is 3.00. The molecule has 0 amide bonds. The molecule has 3 aromatic rings. The van der Waals surface area contributed by atoms with E-state index in [1.807, 2.05) is 48.5 Å². The van der Waals surface area contributed by atoms with Crippen molar-refractivity contribution in [2.45, 2.75) is 6.10 Å². The third-order valence-corrected chi connectivity index (χ3v) is 3.56. The van der Waals surface area contributed by atoms with Gasteiger partial charge in [0.05, 0.1) is 5.56 Å². The first-order chi connectivity index (χ1) is 10.8. The van der Waals surface area contributed by atoms with Crippen LogP contribution in [0.1, 0.15) is 22.0 Å². The smallest absolute Gasteiger partial charge is 0.338 e. The van der Waals surface area contributed by atoms with Gasteiger partial charge in [-0.15, -0.1) is 0 Å². The van der Waals surface area contributed by atoms with Crippen LogP contribution in [0.5, 0.6) is 0 Å². The number of esters is 1. The lowest BCUT2D eigenvalue weighted by molar-refractivity contribution is 0.0257. The Morgan fingerprint density at radius 2 is 1.59 bits per heavy atom. The van der Waals surface area contributed by atoms with E-state index in [-0.39, 0.29) is 6.61 Å². The molecule has 0 radical (unpaired) electrons. The normalized spacial score (nSPS) is 12.0. The lowest BCUT2D eigenvalue weighted by Gasteiger charge is -2.14. The Kier molecular flexibility index (Phi) is 4.17. The van der Waals surface area contributed by atoms with Gasteiger partial charge in [-0.25, -0.2) is 4.79 Å². The van der Waals surface area contributed by atoms with Crippen LogP contribution in [0.2, 0.25) is 0 Å². The average Bonchev–Trinajstić information content (AvgIpc) is 2.59. The maximum absolute atomic E-state index is 11.9. The highest BCUT2D eigenvalue weighted by Gasteiger charge is 2.14. The van der Waals surface area contributed by atoms with Crippen LogP contribution in [0.4, 0.5) is 0 Å². The highest BCUT2D eigenvalue weighted by Crippen LogP contribution is 2.24. The number of carbonyl (C=O) groups excluding carboxylic acids is 1. The van der Waals surface area contributed by atoms with Gasteiger partial charge in [0.2, 0.25) is 0 Å². The van der Waals surface area contributed by atoms with E-state index in [0.717, 1.165) is 16.3 Å². The summed E-state index contributed by atoms with van der Waals surface area (Å²) < 4.78 is 5.20. The van der Waals surface area contributed by atoms with E-state index in [2.05, 4.69) is 0 Å². The number of ether oxygens (including phenoxy) is 1. The fourth-order valence-electron chi connectivity index (χ4n) is 2.44. The van der Waals surface area contributed by atoms with Gasteiger partial charge >= 0.3 is 5.97 Å². The largest absolute Gasteiger partial charge is 0.459 e. The van der Waals surface area contributed by atoms with Crippen molar-refractivity contribution in [1.29, 1.82) is 0 Å². The van der Waals surface area contributed by atoms with Crippen LogP contribution in [0.15, 0.2) is 72.8 Å². The summed E-state index contributed by atoms with van der Waals surface area (Å²) in [5.74, 6) is -0.431. The van der Waals surface area contributed by atoms with Crippen molar-refractivity contribution in [3.8, 4) is 0 Å². The van der Waals surface area contributed by atoms with Crippen LogP contribution in [-0.4, -0.2) is 17.7 Å². The zero-order valence-electron chi connectivity index (χ0n) is 12.0. The van der Waals surface area contributed by atoms with Gasteiger partial charge < -0.3 is 9.84 Å². The lowest BCUT2D eigenvalue weighted by Crippen LogP contribution is -2.13. The first-order valence-electron chi connectivity index (χ1n) is 7.13. The predicted molar refractivity (Wildman–Crippen MR) is 85.6 cm³/mol. The molecule has 1 N–H and O–H groups in total. The number of benzene rings is 3. The van der Waals surface area contributed by atoms with Crippen molar-refractivity contribution in [3.63, 3.8) is 0 Å². The highest BCUT2D eigenvalue weighted by atomic mass is 16.5. The van der Waals surface area contributed by atoms with E-state index >= 15 is 0 Å². The van der Waals surface area contributed by atoms with Crippen LogP contribution in [0.3, 0.4) is 0 Å². The molecule has 3 nitrogen and oxygen atoms in total. The zero-order chi connectivity index (χ0) is 15.4. The quantitative estimate of drug-likeness (QED) is 0.745. The fraction of sp³-hybridized carbons (Fsp3) is 0.105. The molecule has 3 heteroatoms. The molecule has 0 saturated carbocycles. The van der Waals surface area contributed by atoms with Gasteiger partial charge in [-0.05, 0) is 28.5 Å². The first-order valence-corrected chi connectivity index (χ1v) is 7.13. The molecule has 0 aromatic heterocycles. The molecule has 0 bridgehead atoms. The van der Waals surface area contributed by atoms with Crippen molar-refractivity contribution in [2.75, 3.05) is 6.61 Å². The summed E-state index contributed by atoms with van der Waals surface area (Å²) in [5, 5.41) is 12.4. The van der Waals surface area contributed by atoms with Gasteiger partial charge in [0.15, 0.2) is 0 Å². The Hall–Kier alpha value is -2.65. The molecule has 0 fully saturated rings. The second-order valence-electron chi connectivity index (χ2n) is 5.05. The third-order valence-electron chi connectivity index (χ3n) is 3.56. The van der Waals surface area contributed by atoms with E-state index in [1.54, 1.807) is 24.3 Å². The predicted octanol–water partition coefficient (Wildman–Crippen LogP) is 3.73. The Morgan fingerprint density at radius 1 is 0.909 bits per heavy atom. The molecule has 0 aliphatic heterocycles. The van der Waals surface area contributed by atoms with Crippen molar-refractivity contribution >= 4 is 16.7 Å². The van der Waals surface area contributed by atoms with Crippen molar-refractivity contribution < 1.29 is 14.6 Å². The summed E-state index contributed by atoms with van der Waals surface area (Å²) in [7, 11) is 0. The Morgan fingerprint density at radius 3 is 2.41 bits per heavy atom. The number of aliphatic hydroxyl groups excluding tert-OH is 1. The van der Waals surface area contributed by atoms with Crippen molar-refractivity contribution in [1.82, 2.24) is 0 Å². The molecule has 0 aliphatic carbocycles. The van der Waals surface area contributed by atoms with Gasteiger partial charge in [-0.3, -0.25) is 0 Å². The van der Waals surface area contributed by atoms with E-state index in [0.29, 0.717) is 5.56 Å². The van der Waals surface area contributed by atoms with E-state index in [4.69, 9.17) is 4.74 Å². The van der Waals surface area contributed by atoms with Gasteiger partial charge in [0.1, 0.15) is 12.7 Å². The standard InChI is InChI=1S/C19H16O3/c20-18(13-22-19(21)15-8-2-1-3-9-15)17-12-6-10-14-7-4-5-11-16(14)17/h1-12,18,20H,13H2/t18-/m1/s1. The number of aliphatic hydroxyl groups is 1. The lowest BCUT2D eigenvalue weighted by atomic mass is 10.0. The molecule has 0 heterocycles. The van der Waals surface area contributed by atoms with E-state index < -0.39 is 12.1 Å².